The highest BCUT2D eigenvalue weighted by Crippen LogP contribution is 2.14. The number of aliphatic imine (C=N–C) groups is 1. The molecule has 3 rings (SSSR count). The lowest BCUT2D eigenvalue weighted by Crippen LogP contribution is -2.38. The predicted molar refractivity (Wildman–Crippen MR) is 106 cm³/mol. The zero-order valence-corrected chi connectivity index (χ0v) is 15.2. The number of guanidine groups is 1. The van der Waals surface area contributed by atoms with E-state index in [0.29, 0.717) is 11.5 Å². The Labute approximate surface area is 153 Å². The second-order valence-corrected chi connectivity index (χ2v) is 6.99. The number of rotatable bonds is 2. The van der Waals surface area contributed by atoms with E-state index in [0.717, 1.165) is 16.6 Å². The molecule has 5 nitrogen and oxygen atoms in total. The van der Waals surface area contributed by atoms with Crippen LogP contribution < -0.4 is 10.6 Å². The molecule has 132 valence electrons. The molecule has 0 saturated heterocycles. The van der Waals surface area contributed by atoms with Crippen LogP contribution in [0.25, 0.3) is 10.9 Å². The molecule has 5 heteroatoms. The van der Waals surface area contributed by atoms with Crippen molar-refractivity contribution in [2.45, 2.75) is 26.3 Å². The Hall–Kier alpha value is -3.21. The van der Waals surface area contributed by atoms with E-state index < -0.39 is 0 Å². The lowest BCUT2D eigenvalue weighted by atomic mass is 10.1. The molecule has 0 aliphatic heterocycles. The van der Waals surface area contributed by atoms with E-state index in [9.17, 15) is 4.79 Å². The van der Waals surface area contributed by atoms with E-state index in [1.165, 1.54) is 0 Å². The number of nitrogens with zero attached hydrogens (tertiary/aromatic N) is 2. The Balaban J connectivity index is 1.85. The summed E-state index contributed by atoms with van der Waals surface area (Å²) in [4.78, 5) is 21.6. The summed E-state index contributed by atoms with van der Waals surface area (Å²) in [6.07, 6.45) is 1.74. The van der Waals surface area contributed by atoms with Crippen molar-refractivity contribution >= 4 is 28.5 Å². The van der Waals surface area contributed by atoms with E-state index in [1.807, 2.05) is 75.4 Å². The number of hydrogen-bond acceptors (Lipinski definition) is 3. The highest BCUT2D eigenvalue weighted by Gasteiger charge is 2.14. The lowest BCUT2D eigenvalue weighted by molar-refractivity contribution is 0.0977. The summed E-state index contributed by atoms with van der Waals surface area (Å²) in [5.41, 5.74) is 1.94. The minimum absolute atomic E-state index is 0.220. The van der Waals surface area contributed by atoms with Crippen LogP contribution in [-0.2, 0) is 0 Å². The molecular weight excluding hydrogens is 324 g/mol. The Morgan fingerprint density at radius 3 is 2.50 bits per heavy atom. The third kappa shape index (κ3) is 4.66. The van der Waals surface area contributed by atoms with Gasteiger partial charge in [0.05, 0.1) is 11.1 Å². The summed E-state index contributed by atoms with van der Waals surface area (Å²) in [6.45, 7) is 5.94. The van der Waals surface area contributed by atoms with E-state index in [2.05, 4.69) is 20.6 Å². The van der Waals surface area contributed by atoms with Gasteiger partial charge < -0.3 is 5.32 Å². The summed E-state index contributed by atoms with van der Waals surface area (Å²) in [5.74, 6) is 0.196. The van der Waals surface area contributed by atoms with Gasteiger partial charge in [-0.05, 0) is 57.2 Å². The molecule has 3 aromatic rings. The number of nitrogens with one attached hydrogen (secondary N) is 2. The van der Waals surface area contributed by atoms with Gasteiger partial charge in [-0.15, -0.1) is 0 Å². The van der Waals surface area contributed by atoms with Crippen LogP contribution in [0.15, 0.2) is 71.9 Å². The summed E-state index contributed by atoms with van der Waals surface area (Å²) in [6, 6.07) is 18.9. The first kappa shape index (κ1) is 17.6. The normalized spacial score (nSPS) is 12.0. The number of benzene rings is 2. The summed E-state index contributed by atoms with van der Waals surface area (Å²) >= 11 is 0. The first-order valence-corrected chi connectivity index (χ1v) is 8.49. The second-order valence-electron chi connectivity index (χ2n) is 6.99. The van der Waals surface area contributed by atoms with E-state index >= 15 is 0 Å². The van der Waals surface area contributed by atoms with Gasteiger partial charge >= 0.3 is 0 Å². The first-order valence-electron chi connectivity index (χ1n) is 8.49. The molecule has 0 spiro atoms. The van der Waals surface area contributed by atoms with Crippen LogP contribution >= 0.6 is 0 Å². The largest absolute Gasteiger partial charge is 0.326 e. The van der Waals surface area contributed by atoms with Gasteiger partial charge in [-0.3, -0.25) is 15.1 Å². The molecule has 2 N–H and O–H groups in total. The minimum Gasteiger partial charge on any atom is -0.326 e. The third-order valence-corrected chi connectivity index (χ3v) is 3.58. The summed E-state index contributed by atoms with van der Waals surface area (Å²) < 4.78 is 0. The molecule has 26 heavy (non-hydrogen) atoms. The maximum atomic E-state index is 12.7. The number of carbonyl (C=O) groups is 1. The van der Waals surface area contributed by atoms with Crippen molar-refractivity contribution in [2.75, 3.05) is 5.32 Å². The Kier molecular flexibility index (Phi) is 4.98. The topological polar surface area (TPSA) is 66.4 Å². The van der Waals surface area contributed by atoms with E-state index in [1.54, 1.807) is 12.3 Å². The van der Waals surface area contributed by atoms with Gasteiger partial charge in [0.25, 0.3) is 5.91 Å². The number of aromatic nitrogens is 1. The highest BCUT2D eigenvalue weighted by atomic mass is 16.1. The van der Waals surface area contributed by atoms with Crippen molar-refractivity contribution in [1.82, 2.24) is 10.3 Å². The molecule has 1 amide bonds. The molecule has 0 atom stereocenters. The molecule has 1 aromatic heterocycles. The van der Waals surface area contributed by atoms with Crippen LogP contribution in [0.5, 0.6) is 0 Å². The van der Waals surface area contributed by atoms with Crippen LogP contribution in [0.4, 0.5) is 5.69 Å². The molecule has 0 bridgehead atoms. The van der Waals surface area contributed by atoms with E-state index in [4.69, 9.17) is 0 Å². The Morgan fingerprint density at radius 1 is 1.00 bits per heavy atom. The Morgan fingerprint density at radius 2 is 1.77 bits per heavy atom. The summed E-state index contributed by atoms with van der Waals surface area (Å²) in [7, 11) is 0. The fourth-order valence-electron chi connectivity index (χ4n) is 2.48. The lowest BCUT2D eigenvalue weighted by Gasteiger charge is -2.18. The maximum absolute atomic E-state index is 12.7. The van der Waals surface area contributed by atoms with Gasteiger partial charge in [0.2, 0.25) is 5.96 Å². The van der Waals surface area contributed by atoms with Crippen LogP contribution in [0, 0.1) is 0 Å². The number of carbonyl (C=O) groups excluding carboxylic acids is 1. The van der Waals surface area contributed by atoms with Gasteiger partial charge in [-0.1, -0.05) is 24.3 Å². The van der Waals surface area contributed by atoms with Gasteiger partial charge in [-0.2, -0.15) is 0 Å². The molecular formula is C21H22N4O. The van der Waals surface area contributed by atoms with Crippen molar-refractivity contribution in [1.29, 1.82) is 0 Å². The number of pyridine rings is 1. The molecule has 0 radical (unpaired) electrons. The minimum atomic E-state index is -0.336. The average molecular weight is 346 g/mol. The van der Waals surface area contributed by atoms with Crippen molar-refractivity contribution in [3.05, 3.63) is 72.4 Å². The molecule has 0 fully saturated rings. The molecule has 0 saturated carbocycles. The van der Waals surface area contributed by atoms with E-state index in [-0.39, 0.29) is 11.4 Å². The zero-order valence-electron chi connectivity index (χ0n) is 15.2. The van der Waals surface area contributed by atoms with Crippen molar-refractivity contribution < 1.29 is 4.79 Å². The fourth-order valence-corrected chi connectivity index (χ4v) is 2.48. The quantitative estimate of drug-likeness (QED) is 0.539. The maximum Gasteiger partial charge on any atom is 0.257 e. The van der Waals surface area contributed by atoms with Crippen molar-refractivity contribution in [3.63, 3.8) is 0 Å². The van der Waals surface area contributed by atoms with Crippen LogP contribution in [-0.4, -0.2) is 22.4 Å². The molecule has 0 aliphatic carbocycles. The fraction of sp³-hybridized carbons (Fsp3) is 0.190. The SMILES string of the molecule is CC(C)(C)N=C(NC(=O)c1ccc2ncccc2c1)Nc1ccccc1. The number of fused-ring (bicyclic) bond motifs is 1. The third-order valence-electron chi connectivity index (χ3n) is 3.58. The monoisotopic (exact) mass is 346 g/mol. The smallest absolute Gasteiger partial charge is 0.257 e. The molecule has 1 heterocycles. The second kappa shape index (κ2) is 7.35. The van der Waals surface area contributed by atoms with Crippen molar-refractivity contribution in [3.8, 4) is 0 Å². The van der Waals surface area contributed by atoms with Crippen LogP contribution in [0.3, 0.4) is 0 Å². The number of hydrogen-bond donors (Lipinski definition) is 2. The van der Waals surface area contributed by atoms with Crippen LogP contribution in [0.2, 0.25) is 0 Å². The summed E-state index contributed by atoms with van der Waals surface area (Å²) in [5, 5.41) is 6.98. The zero-order chi connectivity index (χ0) is 18.6. The first-order chi connectivity index (χ1) is 12.4. The Bertz CT molecular complexity index is 943. The predicted octanol–water partition coefficient (Wildman–Crippen LogP) is 4.23. The number of amides is 1. The molecule has 0 aliphatic rings. The van der Waals surface area contributed by atoms with Crippen LogP contribution in [0.1, 0.15) is 31.1 Å². The average Bonchev–Trinajstić information content (AvgIpc) is 2.60. The number of anilines is 1. The van der Waals surface area contributed by atoms with Gasteiger partial charge in [0, 0.05) is 22.8 Å². The molecule has 2 aromatic carbocycles. The van der Waals surface area contributed by atoms with Gasteiger partial charge in [0.15, 0.2) is 0 Å². The van der Waals surface area contributed by atoms with Gasteiger partial charge in [0.1, 0.15) is 0 Å². The van der Waals surface area contributed by atoms with Crippen molar-refractivity contribution in [2.24, 2.45) is 4.99 Å². The molecule has 0 unspecified atom stereocenters. The highest BCUT2D eigenvalue weighted by molar-refractivity contribution is 6.10. The standard InChI is InChI=1S/C21H22N4O/c1-21(2,3)25-20(23-17-9-5-4-6-10-17)24-19(26)16-11-12-18-15(14-16)8-7-13-22-18/h4-14H,1-3H3,(H2,23,24,25,26). The van der Waals surface area contributed by atoms with Gasteiger partial charge in [-0.25, -0.2) is 4.99 Å². The number of para-hydroxylation sites is 1.